The average Bonchev–Trinajstić information content (AvgIpc) is 3.27. The number of carbonyl (C=O) groups excluding carboxylic acids is 2. The largest absolute Gasteiger partial charge is 0.454 e. The minimum absolute atomic E-state index is 0.194. The van der Waals surface area contributed by atoms with Crippen molar-refractivity contribution in [2.75, 3.05) is 6.79 Å². The molecule has 7 heteroatoms. The van der Waals surface area contributed by atoms with Crippen molar-refractivity contribution in [2.24, 2.45) is 0 Å². The van der Waals surface area contributed by atoms with E-state index in [0.717, 1.165) is 16.7 Å². The summed E-state index contributed by atoms with van der Waals surface area (Å²) in [5.74, 6) is 0.877. The molecule has 1 aliphatic rings. The molecule has 1 N–H and O–H groups in total. The number of benzene rings is 3. The van der Waals surface area contributed by atoms with Crippen LogP contribution in [0.15, 0.2) is 72.8 Å². The molecule has 164 valence electrons. The van der Waals surface area contributed by atoms with Gasteiger partial charge in [-0.05, 0) is 41.0 Å². The summed E-state index contributed by atoms with van der Waals surface area (Å²) in [4.78, 5) is 27.5. The van der Waals surface area contributed by atoms with Crippen molar-refractivity contribution in [3.8, 4) is 11.5 Å². The number of ether oxygens (including phenoxy) is 2. The van der Waals surface area contributed by atoms with E-state index in [-0.39, 0.29) is 25.2 Å². The zero-order chi connectivity index (χ0) is 22.5. The van der Waals surface area contributed by atoms with Gasteiger partial charge in [0.05, 0.1) is 0 Å². The molecule has 0 radical (unpaired) electrons. The Morgan fingerprint density at radius 2 is 1.66 bits per heavy atom. The second-order valence-electron chi connectivity index (χ2n) is 7.49. The van der Waals surface area contributed by atoms with Crippen molar-refractivity contribution in [1.82, 2.24) is 10.2 Å². The molecular weight excluding hydrogens is 428 g/mol. The molecule has 1 unspecified atom stereocenters. The SMILES string of the molecule is CC(=O)N(Cc1ccc(Cl)cc1)C(C(=O)NCc1ccc2c(c1)OCO2)c1ccccc1. The fraction of sp³-hybridized carbons (Fsp3) is 0.200. The number of amides is 2. The van der Waals surface area contributed by atoms with Gasteiger partial charge in [-0.15, -0.1) is 0 Å². The van der Waals surface area contributed by atoms with Crippen LogP contribution in [-0.2, 0) is 22.7 Å². The van der Waals surface area contributed by atoms with Gasteiger partial charge in [0, 0.05) is 25.0 Å². The van der Waals surface area contributed by atoms with Crippen LogP contribution in [0.2, 0.25) is 5.02 Å². The molecule has 0 aliphatic carbocycles. The van der Waals surface area contributed by atoms with Crippen molar-refractivity contribution < 1.29 is 19.1 Å². The summed E-state index contributed by atoms with van der Waals surface area (Å²) in [6.07, 6.45) is 0. The second-order valence-corrected chi connectivity index (χ2v) is 7.93. The molecule has 1 atom stereocenters. The third kappa shape index (κ3) is 5.03. The molecule has 6 nitrogen and oxygen atoms in total. The van der Waals surface area contributed by atoms with Gasteiger partial charge in [-0.1, -0.05) is 60.1 Å². The predicted octanol–water partition coefficient (Wildman–Crippen LogP) is 4.47. The van der Waals surface area contributed by atoms with Crippen molar-refractivity contribution in [3.63, 3.8) is 0 Å². The molecule has 0 saturated carbocycles. The lowest BCUT2D eigenvalue weighted by molar-refractivity contribution is -0.140. The minimum Gasteiger partial charge on any atom is -0.454 e. The smallest absolute Gasteiger partial charge is 0.247 e. The van der Waals surface area contributed by atoms with Crippen LogP contribution in [0.25, 0.3) is 0 Å². The molecule has 3 aromatic rings. The summed E-state index contributed by atoms with van der Waals surface area (Å²) >= 11 is 5.99. The number of nitrogens with zero attached hydrogens (tertiary/aromatic N) is 1. The maximum Gasteiger partial charge on any atom is 0.247 e. The molecule has 0 aromatic heterocycles. The van der Waals surface area contributed by atoms with Crippen molar-refractivity contribution in [3.05, 3.63) is 94.5 Å². The van der Waals surface area contributed by atoms with Gasteiger partial charge in [-0.3, -0.25) is 9.59 Å². The van der Waals surface area contributed by atoms with E-state index < -0.39 is 6.04 Å². The normalized spacial score (nSPS) is 12.8. The number of halogens is 1. The van der Waals surface area contributed by atoms with Gasteiger partial charge in [0.2, 0.25) is 18.6 Å². The third-order valence-corrected chi connectivity index (χ3v) is 5.50. The maximum absolute atomic E-state index is 13.4. The Hall–Kier alpha value is -3.51. The number of carbonyl (C=O) groups is 2. The fourth-order valence-corrected chi connectivity index (χ4v) is 3.74. The highest BCUT2D eigenvalue weighted by atomic mass is 35.5. The Labute approximate surface area is 191 Å². The van der Waals surface area contributed by atoms with E-state index in [9.17, 15) is 9.59 Å². The van der Waals surface area contributed by atoms with E-state index in [1.54, 1.807) is 17.0 Å². The van der Waals surface area contributed by atoms with E-state index in [1.807, 2.05) is 60.7 Å². The molecule has 1 heterocycles. The molecule has 3 aromatic carbocycles. The van der Waals surface area contributed by atoms with Gasteiger partial charge in [-0.2, -0.15) is 0 Å². The van der Waals surface area contributed by atoms with E-state index in [1.165, 1.54) is 6.92 Å². The Kier molecular flexibility index (Phi) is 6.61. The molecule has 0 saturated heterocycles. The first-order chi connectivity index (χ1) is 15.5. The van der Waals surface area contributed by atoms with Gasteiger partial charge < -0.3 is 19.7 Å². The van der Waals surface area contributed by atoms with Crippen LogP contribution in [0.5, 0.6) is 11.5 Å². The second kappa shape index (κ2) is 9.75. The van der Waals surface area contributed by atoms with Gasteiger partial charge >= 0.3 is 0 Å². The third-order valence-electron chi connectivity index (χ3n) is 5.25. The zero-order valence-corrected chi connectivity index (χ0v) is 18.3. The minimum atomic E-state index is -0.779. The summed E-state index contributed by atoms with van der Waals surface area (Å²) < 4.78 is 10.7. The molecule has 2 amide bonds. The molecule has 0 bridgehead atoms. The van der Waals surface area contributed by atoms with Gasteiger partial charge in [0.25, 0.3) is 0 Å². The summed E-state index contributed by atoms with van der Waals surface area (Å²) in [5.41, 5.74) is 2.50. The molecule has 1 aliphatic heterocycles. The number of fused-ring (bicyclic) bond motifs is 1. The standard InChI is InChI=1S/C25H23ClN2O4/c1-17(29)28(15-18-7-10-21(26)11-8-18)24(20-5-3-2-4-6-20)25(30)27-14-19-9-12-22-23(13-19)32-16-31-22/h2-13,24H,14-16H2,1H3,(H,27,30). The lowest BCUT2D eigenvalue weighted by Gasteiger charge is -2.30. The lowest BCUT2D eigenvalue weighted by Crippen LogP contribution is -2.42. The van der Waals surface area contributed by atoms with Gasteiger partial charge in [0.1, 0.15) is 6.04 Å². The Morgan fingerprint density at radius 1 is 0.969 bits per heavy atom. The fourth-order valence-electron chi connectivity index (χ4n) is 3.62. The van der Waals surface area contributed by atoms with Crippen LogP contribution < -0.4 is 14.8 Å². The highest BCUT2D eigenvalue weighted by Crippen LogP contribution is 2.32. The Balaban J connectivity index is 1.56. The van der Waals surface area contributed by atoms with E-state index in [4.69, 9.17) is 21.1 Å². The van der Waals surface area contributed by atoms with Gasteiger partial charge in [-0.25, -0.2) is 0 Å². The molecule has 4 rings (SSSR count). The van der Waals surface area contributed by atoms with Crippen LogP contribution in [0, 0.1) is 0 Å². The first-order valence-corrected chi connectivity index (χ1v) is 10.6. The van der Waals surface area contributed by atoms with Gasteiger partial charge in [0.15, 0.2) is 11.5 Å². The Bertz CT molecular complexity index is 1100. The number of hydrogen-bond acceptors (Lipinski definition) is 4. The van der Waals surface area contributed by atoms with Crippen LogP contribution in [-0.4, -0.2) is 23.5 Å². The first-order valence-electron chi connectivity index (χ1n) is 10.2. The number of hydrogen-bond donors (Lipinski definition) is 1. The highest BCUT2D eigenvalue weighted by Gasteiger charge is 2.29. The zero-order valence-electron chi connectivity index (χ0n) is 17.6. The van der Waals surface area contributed by atoms with Crippen LogP contribution in [0.4, 0.5) is 0 Å². The van der Waals surface area contributed by atoms with Crippen molar-refractivity contribution >= 4 is 23.4 Å². The molecule has 0 spiro atoms. The monoisotopic (exact) mass is 450 g/mol. The van der Waals surface area contributed by atoms with Crippen LogP contribution >= 0.6 is 11.6 Å². The summed E-state index contributed by atoms with van der Waals surface area (Å²) in [5, 5.41) is 3.58. The van der Waals surface area contributed by atoms with Crippen molar-refractivity contribution in [1.29, 1.82) is 0 Å². The lowest BCUT2D eigenvalue weighted by atomic mass is 10.0. The summed E-state index contributed by atoms with van der Waals surface area (Å²) in [7, 11) is 0. The first kappa shape index (κ1) is 21.7. The van der Waals surface area contributed by atoms with E-state index >= 15 is 0 Å². The molecular formula is C25H23ClN2O4. The van der Waals surface area contributed by atoms with E-state index in [0.29, 0.717) is 23.1 Å². The number of rotatable bonds is 7. The van der Waals surface area contributed by atoms with Crippen LogP contribution in [0.3, 0.4) is 0 Å². The topological polar surface area (TPSA) is 67.9 Å². The quantitative estimate of drug-likeness (QED) is 0.576. The Morgan fingerprint density at radius 3 is 2.38 bits per heavy atom. The van der Waals surface area contributed by atoms with Crippen LogP contribution in [0.1, 0.15) is 29.7 Å². The predicted molar refractivity (Wildman–Crippen MR) is 121 cm³/mol. The number of nitrogens with one attached hydrogen (secondary N) is 1. The van der Waals surface area contributed by atoms with Crippen molar-refractivity contribution in [2.45, 2.75) is 26.1 Å². The summed E-state index contributed by atoms with van der Waals surface area (Å²) in [6.45, 7) is 2.24. The van der Waals surface area contributed by atoms with E-state index in [2.05, 4.69) is 5.32 Å². The molecule has 0 fully saturated rings. The molecule has 32 heavy (non-hydrogen) atoms. The maximum atomic E-state index is 13.4. The highest BCUT2D eigenvalue weighted by molar-refractivity contribution is 6.30. The summed E-state index contributed by atoms with van der Waals surface area (Å²) in [6, 6.07) is 21.3. The average molecular weight is 451 g/mol.